The van der Waals surface area contributed by atoms with Crippen LogP contribution in [0.25, 0.3) is 0 Å². The van der Waals surface area contributed by atoms with Gasteiger partial charge in [-0.15, -0.1) is 0 Å². The van der Waals surface area contributed by atoms with Gasteiger partial charge in [0.2, 0.25) is 15.9 Å². The van der Waals surface area contributed by atoms with Crippen LogP contribution in [0.2, 0.25) is 0 Å². The molecule has 6 nitrogen and oxygen atoms in total. The molecular formula is C18H26N2O4S. The van der Waals surface area contributed by atoms with Crippen molar-refractivity contribution in [1.29, 1.82) is 0 Å². The van der Waals surface area contributed by atoms with Gasteiger partial charge in [-0.1, -0.05) is 36.8 Å². The molecule has 1 amide bonds. The lowest BCUT2D eigenvalue weighted by Crippen LogP contribution is -2.40. The Morgan fingerprint density at radius 3 is 2.36 bits per heavy atom. The van der Waals surface area contributed by atoms with E-state index in [1.807, 2.05) is 18.2 Å². The summed E-state index contributed by atoms with van der Waals surface area (Å²) in [6, 6.07) is 8.98. The van der Waals surface area contributed by atoms with E-state index in [1.54, 1.807) is 12.1 Å². The molecule has 1 saturated heterocycles. The summed E-state index contributed by atoms with van der Waals surface area (Å²) in [5.41, 5.74) is 0.649. The minimum absolute atomic E-state index is 0.0149. The maximum absolute atomic E-state index is 12.2. The van der Waals surface area contributed by atoms with Crippen molar-refractivity contribution in [2.24, 2.45) is 0 Å². The Hall–Kier alpha value is -1.73. The molecule has 1 aromatic rings. The minimum atomic E-state index is -3.28. The van der Waals surface area contributed by atoms with Crippen LogP contribution in [0.3, 0.4) is 0 Å². The molecule has 1 N–H and O–H groups in total. The van der Waals surface area contributed by atoms with Gasteiger partial charge in [0.15, 0.2) is 5.78 Å². The largest absolute Gasteiger partial charge is 0.355 e. The van der Waals surface area contributed by atoms with Gasteiger partial charge in [0, 0.05) is 38.0 Å². The van der Waals surface area contributed by atoms with Crippen molar-refractivity contribution >= 4 is 21.7 Å². The molecule has 0 atom stereocenters. The molecule has 1 aromatic carbocycles. The summed E-state index contributed by atoms with van der Waals surface area (Å²) in [5, 5.41) is 2.64. The highest BCUT2D eigenvalue weighted by Crippen LogP contribution is 2.13. The van der Waals surface area contributed by atoms with Crippen LogP contribution >= 0.6 is 0 Å². The summed E-state index contributed by atoms with van der Waals surface area (Å²) >= 11 is 0. The van der Waals surface area contributed by atoms with Gasteiger partial charge in [-0.25, -0.2) is 12.7 Å². The van der Waals surface area contributed by atoms with Gasteiger partial charge in [-0.2, -0.15) is 0 Å². The highest BCUT2D eigenvalue weighted by Gasteiger charge is 2.23. The first-order valence-corrected chi connectivity index (χ1v) is 10.4. The van der Waals surface area contributed by atoms with E-state index in [4.69, 9.17) is 0 Å². The Morgan fingerprint density at radius 1 is 1.00 bits per heavy atom. The maximum Gasteiger partial charge on any atom is 0.220 e. The van der Waals surface area contributed by atoms with Crippen molar-refractivity contribution in [3.8, 4) is 0 Å². The number of nitrogens with one attached hydrogen (secondary N) is 1. The molecule has 0 unspecified atom stereocenters. The zero-order valence-corrected chi connectivity index (χ0v) is 15.3. The molecule has 1 fully saturated rings. The molecule has 25 heavy (non-hydrogen) atoms. The van der Waals surface area contributed by atoms with Crippen LogP contribution in [-0.2, 0) is 14.8 Å². The second-order valence-electron chi connectivity index (χ2n) is 6.27. The quantitative estimate of drug-likeness (QED) is 0.677. The fraction of sp³-hybridized carbons (Fsp3) is 0.556. The summed E-state index contributed by atoms with van der Waals surface area (Å²) in [6.45, 7) is 1.28. The van der Waals surface area contributed by atoms with E-state index >= 15 is 0 Å². The average Bonchev–Trinajstić information content (AvgIpc) is 2.63. The van der Waals surface area contributed by atoms with Crippen LogP contribution in [0.4, 0.5) is 0 Å². The van der Waals surface area contributed by atoms with Gasteiger partial charge < -0.3 is 5.32 Å². The van der Waals surface area contributed by atoms with Crippen molar-refractivity contribution in [2.45, 2.75) is 38.5 Å². The summed E-state index contributed by atoms with van der Waals surface area (Å²) < 4.78 is 25.8. The molecule has 0 saturated carbocycles. The van der Waals surface area contributed by atoms with Crippen LogP contribution < -0.4 is 5.32 Å². The van der Waals surface area contributed by atoms with Crippen molar-refractivity contribution in [3.63, 3.8) is 0 Å². The monoisotopic (exact) mass is 366 g/mol. The predicted molar refractivity (Wildman–Crippen MR) is 96.8 cm³/mol. The predicted octanol–water partition coefficient (Wildman–Crippen LogP) is 1.97. The smallest absolute Gasteiger partial charge is 0.220 e. The number of piperidine rings is 1. The number of ketones is 1. The third kappa shape index (κ3) is 6.59. The number of Topliss-reactive ketones (excluding diaryl/α,β-unsaturated/α-hetero) is 1. The van der Waals surface area contributed by atoms with Crippen molar-refractivity contribution in [2.75, 3.05) is 25.4 Å². The Labute approximate surface area is 149 Å². The molecule has 0 aliphatic carbocycles. The third-order valence-corrected chi connectivity index (χ3v) is 6.17. The van der Waals surface area contributed by atoms with Crippen molar-refractivity contribution in [3.05, 3.63) is 35.9 Å². The zero-order chi connectivity index (χ0) is 18.1. The number of benzene rings is 1. The Kier molecular flexibility index (Phi) is 7.58. The lowest BCUT2D eigenvalue weighted by atomic mass is 10.1. The summed E-state index contributed by atoms with van der Waals surface area (Å²) in [5.74, 6) is -0.266. The number of sulfonamides is 1. The summed E-state index contributed by atoms with van der Waals surface area (Å²) in [6.07, 6.45) is 3.87. The molecule has 0 bridgehead atoms. The number of carbonyl (C=O) groups is 2. The molecule has 7 heteroatoms. The topological polar surface area (TPSA) is 83.5 Å². The van der Waals surface area contributed by atoms with Crippen LogP contribution in [0.15, 0.2) is 30.3 Å². The molecule has 0 aromatic heterocycles. The van der Waals surface area contributed by atoms with Gasteiger partial charge >= 0.3 is 0 Å². The number of carbonyl (C=O) groups excluding carboxylic acids is 2. The third-order valence-electron chi connectivity index (χ3n) is 4.29. The first-order chi connectivity index (χ1) is 12.0. The van der Waals surface area contributed by atoms with Gasteiger partial charge in [0.25, 0.3) is 0 Å². The van der Waals surface area contributed by atoms with Crippen LogP contribution in [0.5, 0.6) is 0 Å². The first-order valence-electron chi connectivity index (χ1n) is 8.82. The van der Waals surface area contributed by atoms with Crippen LogP contribution in [-0.4, -0.2) is 49.8 Å². The molecular weight excluding hydrogens is 340 g/mol. The summed E-state index contributed by atoms with van der Waals surface area (Å²) in [7, 11) is -3.28. The number of nitrogens with zero attached hydrogens (tertiary/aromatic N) is 1. The number of hydrogen-bond donors (Lipinski definition) is 1. The van der Waals surface area contributed by atoms with Gasteiger partial charge in [0.05, 0.1) is 5.75 Å². The maximum atomic E-state index is 12.2. The molecule has 2 rings (SSSR count). The van der Waals surface area contributed by atoms with E-state index in [2.05, 4.69) is 5.32 Å². The molecule has 1 aliphatic rings. The molecule has 0 spiro atoms. The second-order valence-corrected chi connectivity index (χ2v) is 8.36. The Balaban J connectivity index is 1.63. The molecule has 1 heterocycles. The standard InChI is InChI=1S/C18H26N2O4S/c21-17(16-8-3-1-4-9-16)10-7-11-18(22)19-12-15-25(23,24)20-13-5-2-6-14-20/h1,3-4,8-9H,2,5-7,10-15H2,(H,19,22). The van der Waals surface area contributed by atoms with Gasteiger partial charge in [-0.3, -0.25) is 9.59 Å². The number of amides is 1. The summed E-state index contributed by atoms with van der Waals surface area (Å²) in [4.78, 5) is 23.7. The number of hydrogen-bond acceptors (Lipinski definition) is 4. The fourth-order valence-corrected chi connectivity index (χ4v) is 4.29. The zero-order valence-electron chi connectivity index (χ0n) is 14.4. The SMILES string of the molecule is O=C(CCCC(=O)c1ccccc1)NCCS(=O)(=O)N1CCCCC1. The van der Waals surface area contributed by atoms with E-state index in [-0.39, 0.29) is 30.4 Å². The average molecular weight is 366 g/mol. The van der Waals surface area contributed by atoms with E-state index in [0.29, 0.717) is 31.5 Å². The Bertz CT molecular complexity index is 668. The van der Waals surface area contributed by atoms with Crippen LogP contribution in [0.1, 0.15) is 48.9 Å². The lowest BCUT2D eigenvalue weighted by molar-refractivity contribution is -0.121. The van der Waals surface area contributed by atoms with E-state index in [1.165, 1.54) is 4.31 Å². The lowest BCUT2D eigenvalue weighted by Gasteiger charge is -2.25. The molecule has 0 radical (unpaired) electrons. The van der Waals surface area contributed by atoms with E-state index in [0.717, 1.165) is 19.3 Å². The fourth-order valence-electron chi connectivity index (χ4n) is 2.86. The normalized spacial score (nSPS) is 15.7. The highest BCUT2D eigenvalue weighted by molar-refractivity contribution is 7.89. The van der Waals surface area contributed by atoms with Crippen LogP contribution in [0, 0.1) is 0 Å². The minimum Gasteiger partial charge on any atom is -0.355 e. The van der Waals surface area contributed by atoms with E-state index < -0.39 is 10.0 Å². The van der Waals surface area contributed by atoms with E-state index in [9.17, 15) is 18.0 Å². The van der Waals surface area contributed by atoms with Crippen molar-refractivity contribution in [1.82, 2.24) is 9.62 Å². The van der Waals surface area contributed by atoms with Gasteiger partial charge in [-0.05, 0) is 19.3 Å². The second kappa shape index (κ2) is 9.68. The van der Waals surface area contributed by atoms with Gasteiger partial charge in [0.1, 0.15) is 0 Å². The molecule has 138 valence electrons. The first kappa shape index (κ1) is 19.6. The highest BCUT2D eigenvalue weighted by atomic mass is 32.2. The molecule has 1 aliphatic heterocycles. The van der Waals surface area contributed by atoms with Crippen molar-refractivity contribution < 1.29 is 18.0 Å². The Morgan fingerprint density at radius 2 is 1.68 bits per heavy atom. The number of rotatable bonds is 9.